The number of carbonyl (C=O) groups excluding carboxylic acids is 8. The van der Waals surface area contributed by atoms with Crippen LogP contribution in [0.15, 0.2) is 168 Å². The highest BCUT2D eigenvalue weighted by molar-refractivity contribution is 7.81. The molecule has 6 aromatic carbocycles. The average molecular weight is 1980 g/mol. The van der Waals surface area contributed by atoms with Gasteiger partial charge in [-0.15, -0.1) is 0 Å². The Balaban J connectivity index is 0.000000274. The summed E-state index contributed by atoms with van der Waals surface area (Å²) in [6.07, 6.45) is -12.1. The molecule has 1 unspecified atom stereocenters. The Morgan fingerprint density at radius 2 is 1.33 bits per heavy atom. The number of hydrogen-bond donors (Lipinski definition) is 16. The number of carbonyl (C=O) groups is 8. The number of nitrogens with two attached hydrogens (primary N) is 1. The number of nitrogens with zero attached hydrogens (tertiary/aromatic N) is 11. The van der Waals surface area contributed by atoms with Crippen LogP contribution in [-0.4, -0.2) is 295 Å². The van der Waals surface area contributed by atoms with Crippen molar-refractivity contribution >= 4 is 92.2 Å². The summed E-state index contributed by atoms with van der Waals surface area (Å²) in [5.41, 5.74) is 9.81. The maximum absolute atomic E-state index is 14.7. The molecular formula is C91H109Cl2N17O27S. The molecule has 0 bridgehead atoms. The van der Waals surface area contributed by atoms with Crippen molar-refractivity contribution < 1.29 is 125 Å². The van der Waals surface area contributed by atoms with Gasteiger partial charge in [-0.05, 0) is 141 Å². The number of fused-ring (bicyclic) bond motifs is 2. The lowest BCUT2D eigenvalue weighted by atomic mass is 9.96. The number of aromatic hydroxyl groups is 1. The lowest BCUT2D eigenvalue weighted by molar-refractivity contribution is -0.190. The summed E-state index contributed by atoms with van der Waals surface area (Å²) in [5, 5.41) is 126. The van der Waals surface area contributed by atoms with Gasteiger partial charge in [-0.2, -0.15) is 18.6 Å². The number of hydrogen-bond acceptors (Lipinski definition) is 32. The number of ether oxygens (including phenoxy) is 4. The molecule has 47 heteroatoms. The Kier molecular flexibility index (Phi) is 33.7. The molecule has 5 aliphatic rings. The molecule has 138 heavy (non-hydrogen) atoms. The number of anilines is 2. The Hall–Kier alpha value is -12.7. The lowest BCUT2D eigenvalue weighted by Crippen LogP contribution is -2.64. The molecule has 0 spiro atoms. The van der Waals surface area contributed by atoms with Crippen molar-refractivity contribution in [3.8, 4) is 51.3 Å². The van der Waals surface area contributed by atoms with Crippen LogP contribution < -0.4 is 61.5 Å². The van der Waals surface area contributed by atoms with Crippen molar-refractivity contribution in [1.29, 1.82) is 0 Å². The molecule has 0 radical (unpaired) electrons. The number of unbranched alkanes of at least 4 members (excludes halogenated alkanes) is 2. The molecule has 5 fully saturated rings. The monoisotopic (exact) mass is 1970 g/mol. The summed E-state index contributed by atoms with van der Waals surface area (Å²) in [6, 6.07) is 25.1. The minimum atomic E-state index is -5.35. The molecule has 44 nitrogen and oxygen atoms in total. The van der Waals surface area contributed by atoms with Crippen LogP contribution in [-0.2, 0) is 65.8 Å². The van der Waals surface area contributed by atoms with Gasteiger partial charge in [-0.3, -0.25) is 42.9 Å². The van der Waals surface area contributed by atoms with Gasteiger partial charge in [0.1, 0.15) is 110 Å². The number of aliphatic hydroxyl groups is 8. The molecule has 5 saturated heterocycles. The van der Waals surface area contributed by atoms with Gasteiger partial charge in [0, 0.05) is 103 Å². The highest BCUT2D eigenvalue weighted by atomic mass is 35.5. The third kappa shape index (κ3) is 24.9. The predicted molar refractivity (Wildman–Crippen MR) is 492 cm³/mol. The SMILES string of the molecule is CCC(C)n1ncn(-c2ccc(N3CCN(c4ccc(OC[C@H]5CO[C@](Cn6cncn6)(c6ccc(Cl)cc6Cl)O5)cc4)CC3)cc2)c1=O.CCCCCOc1ccc(-c2cc(-c3ccc(C(=O)N[C@H]4C[C@@H](O)[C@@H](O)NC(=O)[C@@H]5[C@@H](O)[C@@H](C)CN5C(=O)[C@H]([C@H](O)CC(N)=O)NC(=O)[C@@H]([C@H](O)[C@@H](O)c5ccc(O)c(OS(=O)(=O)O)c5)NC(=O)[C@@H]5C[C@@H](O)CN5C(=O)[C@H]([C@@H](C)O)NC4=O)cc3)no2)cc1. The zero-order valence-corrected chi connectivity index (χ0v) is 77.7. The van der Waals surface area contributed by atoms with Gasteiger partial charge in [0.2, 0.25) is 47.1 Å². The first-order valence-corrected chi connectivity index (χ1v) is 46.7. The molecule has 9 aromatic rings. The van der Waals surface area contributed by atoms with E-state index in [0.29, 0.717) is 85.7 Å². The average Bonchev–Trinajstić information content (AvgIpc) is 1.60. The van der Waals surface area contributed by atoms with Gasteiger partial charge < -0.3 is 126 Å². The van der Waals surface area contributed by atoms with E-state index in [1.54, 1.807) is 64.4 Å². The second kappa shape index (κ2) is 45.2. The topological polar surface area (TPSA) is 615 Å². The number of phenols is 1. The van der Waals surface area contributed by atoms with Gasteiger partial charge in [-0.25, -0.2) is 23.7 Å². The lowest BCUT2D eigenvalue weighted by Gasteiger charge is -2.37. The number of phenolic OH excluding ortho intramolecular Hbond substituents is 1. The van der Waals surface area contributed by atoms with E-state index in [2.05, 4.69) is 81.5 Å². The quantitative estimate of drug-likeness (QED) is 0.0234. The molecule has 17 N–H and O–H groups in total. The van der Waals surface area contributed by atoms with Gasteiger partial charge in [-0.1, -0.05) is 86.2 Å². The van der Waals surface area contributed by atoms with E-state index in [0.717, 1.165) is 87.7 Å². The van der Waals surface area contributed by atoms with Crippen molar-refractivity contribution in [1.82, 2.24) is 70.7 Å². The van der Waals surface area contributed by atoms with Crippen LogP contribution in [0.25, 0.3) is 28.3 Å². The van der Waals surface area contributed by atoms with Crippen molar-refractivity contribution in [2.24, 2.45) is 11.7 Å². The van der Waals surface area contributed by atoms with Crippen LogP contribution >= 0.6 is 23.2 Å². The van der Waals surface area contributed by atoms with Crippen molar-refractivity contribution in [2.45, 2.75) is 189 Å². The molecular weight excluding hydrogens is 1870 g/mol. The van der Waals surface area contributed by atoms with Crippen LogP contribution in [0.4, 0.5) is 11.4 Å². The highest BCUT2D eigenvalue weighted by Crippen LogP contribution is 2.42. The molecule has 14 rings (SSSR count). The molecule has 740 valence electrons. The van der Waals surface area contributed by atoms with Crippen LogP contribution in [0.1, 0.15) is 113 Å². The second-order valence-electron chi connectivity index (χ2n) is 34.2. The van der Waals surface area contributed by atoms with Crippen LogP contribution in [0.3, 0.4) is 0 Å². The first-order chi connectivity index (χ1) is 65.8. The van der Waals surface area contributed by atoms with E-state index in [4.69, 9.17) is 52.4 Å². The largest absolute Gasteiger partial charge is 0.504 e. The smallest absolute Gasteiger partial charge is 0.446 e. The van der Waals surface area contributed by atoms with E-state index in [1.807, 2.05) is 54.8 Å². The zero-order chi connectivity index (χ0) is 99.3. The fourth-order valence-electron chi connectivity index (χ4n) is 16.6. The van der Waals surface area contributed by atoms with Gasteiger partial charge in [0.15, 0.2) is 23.5 Å². The summed E-state index contributed by atoms with van der Waals surface area (Å²) in [4.78, 5) is 136. The number of nitrogens with one attached hydrogen (secondary N) is 5. The normalized spacial score (nSPS) is 24.2. The van der Waals surface area contributed by atoms with E-state index in [-0.39, 0.29) is 29.9 Å². The Labute approximate surface area is 800 Å². The second-order valence-corrected chi connectivity index (χ2v) is 36.1. The predicted octanol–water partition coefficient (Wildman–Crippen LogP) is 1.68. The fourth-order valence-corrected chi connectivity index (χ4v) is 17.5. The van der Waals surface area contributed by atoms with E-state index < -0.39 is 204 Å². The van der Waals surface area contributed by atoms with Crippen molar-refractivity contribution in [3.05, 3.63) is 196 Å². The third-order valence-corrected chi connectivity index (χ3v) is 25.3. The number of primary amides is 1. The number of aromatic nitrogens is 7. The van der Waals surface area contributed by atoms with Crippen LogP contribution in [0.2, 0.25) is 10.0 Å². The third-order valence-electron chi connectivity index (χ3n) is 24.3. The minimum Gasteiger partial charge on any atom is -0.504 e. The van der Waals surface area contributed by atoms with Gasteiger partial charge >= 0.3 is 16.1 Å². The number of aliphatic hydroxyl groups excluding tert-OH is 8. The maximum Gasteiger partial charge on any atom is 0.446 e. The Morgan fingerprint density at radius 3 is 1.97 bits per heavy atom. The summed E-state index contributed by atoms with van der Waals surface area (Å²) in [7, 11) is -5.35. The number of benzene rings is 6. The van der Waals surface area contributed by atoms with Crippen LogP contribution in [0, 0.1) is 5.92 Å². The summed E-state index contributed by atoms with van der Waals surface area (Å²) < 4.78 is 71.8. The molecule has 0 saturated carbocycles. The van der Waals surface area contributed by atoms with E-state index in [9.17, 15) is 102 Å². The first-order valence-electron chi connectivity index (χ1n) is 44.5. The molecule has 5 aliphatic heterocycles. The standard InChI is InChI=1S/C56H71N9O23S.C35H38Cl2N8O4/c1-4-5-6-17-86-32-14-11-28(12-15-32)39-21-33(63-87-39)27-7-9-29(10-8-27)49(75)58-34-20-38(70)52(78)62-54(80)45-46(72)25(2)23-65(45)56(82)43(37(69)22-41(57)71)60-53(79)44(48(74)47(73)30-13-16-36(68)40(18-30)88-89(83,84)85)61-51(77)35-19-31(67)24-64(35)55(81)42(26(3)66)59-50(34)76;1-3-25(2)45-34(46)44(24-40-45)29-7-5-27(6-8-29)41-14-16-42(17-15-41)28-9-11-30(12-10-28)47-19-31-20-48-35(49-31,21-43-23-38-22-39-43)32-13-4-26(36)18-33(32)37/h7-16,18,21,25-26,31,34-35,37-38,42-48,52,66-70,72-74,78H,4-6,17,19-20,22-24H2,1-3H3,(H2,57,71)(H,58,75)(H,59,76)(H,60,79)(H,61,77)(H,62,80)(H,83,84,85);4-13,18,22-25,31H,3,14-17,19-21H2,1-2H3/t25-,26+,31+,34-,35-,37+,38+,42-,43-,44+,45-,46-,47-,48-,52+;25?,31-,35-/m00/s1. The van der Waals surface area contributed by atoms with Crippen LogP contribution in [0.5, 0.6) is 23.0 Å². The molecule has 0 aliphatic carbocycles. The minimum absolute atomic E-state index is 0.0645. The molecule has 8 heterocycles. The van der Waals surface area contributed by atoms with Crippen molar-refractivity contribution in [3.63, 3.8) is 0 Å². The van der Waals surface area contributed by atoms with Gasteiger partial charge in [0.05, 0.1) is 60.8 Å². The number of halogens is 2. The number of rotatable bonds is 29. The van der Waals surface area contributed by atoms with Gasteiger partial charge in [0.25, 0.3) is 5.91 Å². The van der Waals surface area contributed by atoms with E-state index in [1.165, 1.54) is 42.2 Å². The highest BCUT2D eigenvalue weighted by Gasteiger charge is 2.52. The van der Waals surface area contributed by atoms with Crippen molar-refractivity contribution in [2.75, 3.05) is 68.9 Å². The molecule has 8 amide bonds. The summed E-state index contributed by atoms with van der Waals surface area (Å²) in [6.45, 7) is 12.2. The summed E-state index contributed by atoms with van der Waals surface area (Å²) >= 11 is 12.7. The zero-order valence-electron chi connectivity index (χ0n) is 75.4. The fraction of sp³-hybridized carbons (Fsp3) is 0.440. The first kappa shape index (κ1) is 103. The maximum atomic E-state index is 14.7. The Morgan fingerprint density at radius 1 is 0.696 bits per heavy atom. The number of amides is 8. The van der Waals surface area contributed by atoms with E-state index >= 15 is 0 Å². The molecule has 18 atom stereocenters. The molecule has 3 aromatic heterocycles. The summed E-state index contributed by atoms with van der Waals surface area (Å²) in [5.74, 6) is -13.3. The number of piperazine rings is 1. The Bertz CT molecular complexity index is 5940.